The average molecular weight is 283 g/mol. The Kier molecular flexibility index (Phi) is 4.31. The van der Waals surface area contributed by atoms with Crippen LogP contribution in [0.2, 0.25) is 5.02 Å². The van der Waals surface area contributed by atoms with E-state index in [1.54, 1.807) is 6.07 Å². The molecular formula is C9H10BrClFNO. The van der Waals surface area contributed by atoms with E-state index in [0.29, 0.717) is 17.4 Å². The number of hydrogen-bond donors (Lipinski definition) is 2. The van der Waals surface area contributed by atoms with Crippen molar-refractivity contribution in [1.29, 1.82) is 0 Å². The molecule has 1 atom stereocenters. The molecule has 0 radical (unpaired) electrons. The summed E-state index contributed by atoms with van der Waals surface area (Å²) >= 11 is 8.77. The zero-order valence-corrected chi connectivity index (χ0v) is 9.65. The molecule has 0 aliphatic rings. The van der Waals surface area contributed by atoms with E-state index in [9.17, 15) is 9.50 Å². The van der Waals surface area contributed by atoms with Crippen molar-refractivity contribution in [3.8, 4) is 0 Å². The average Bonchev–Trinajstić information content (AvgIpc) is 2.01. The number of rotatable bonds is 3. The third-order valence-corrected chi connectivity index (χ3v) is 2.69. The van der Waals surface area contributed by atoms with Crippen LogP contribution in [0.3, 0.4) is 0 Å². The Balaban J connectivity index is 3.07. The predicted molar refractivity (Wildman–Crippen MR) is 57.7 cm³/mol. The molecule has 78 valence electrons. The molecule has 0 saturated heterocycles. The van der Waals surface area contributed by atoms with Gasteiger partial charge < -0.3 is 10.8 Å². The summed E-state index contributed by atoms with van der Waals surface area (Å²) in [5.41, 5.74) is 5.48. The first kappa shape index (κ1) is 11.9. The van der Waals surface area contributed by atoms with Crippen LogP contribution < -0.4 is 5.73 Å². The van der Waals surface area contributed by atoms with Crippen molar-refractivity contribution in [2.75, 3.05) is 6.54 Å². The lowest BCUT2D eigenvalue weighted by atomic mass is 10.1. The maximum absolute atomic E-state index is 13.4. The van der Waals surface area contributed by atoms with Crippen molar-refractivity contribution in [2.24, 2.45) is 5.73 Å². The Labute approximate surface area is 95.0 Å². The van der Waals surface area contributed by atoms with Gasteiger partial charge in [-0.1, -0.05) is 27.5 Å². The molecule has 0 amide bonds. The van der Waals surface area contributed by atoms with Gasteiger partial charge in [0.2, 0.25) is 0 Å². The van der Waals surface area contributed by atoms with E-state index in [-0.39, 0.29) is 10.6 Å². The van der Waals surface area contributed by atoms with Crippen LogP contribution in [0.4, 0.5) is 4.39 Å². The molecular weight excluding hydrogens is 272 g/mol. The fourth-order valence-corrected chi connectivity index (χ4v) is 2.21. The highest BCUT2D eigenvalue weighted by molar-refractivity contribution is 9.10. The third kappa shape index (κ3) is 2.67. The molecule has 0 heterocycles. The van der Waals surface area contributed by atoms with E-state index >= 15 is 0 Å². The number of aliphatic hydroxyl groups is 1. The van der Waals surface area contributed by atoms with Crippen molar-refractivity contribution < 1.29 is 9.50 Å². The van der Waals surface area contributed by atoms with Gasteiger partial charge in [-0.15, -0.1) is 0 Å². The van der Waals surface area contributed by atoms with Gasteiger partial charge >= 0.3 is 0 Å². The molecule has 14 heavy (non-hydrogen) atoms. The minimum Gasteiger partial charge on any atom is -0.388 e. The van der Waals surface area contributed by atoms with Crippen LogP contribution in [0.25, 0.3) is 0 Å². The first-order valence-electron chi connectivity index (χ1n) is 4.09. The van der Waals surface area contributed by atoms with Gasteiger partial charge in [-0.3, -0.25) is 0 Å². The predicted octanol–water partition coefficient (Wildman–Crippen LogP) is 2.62. The zero-order chi connectivity index (χ0) is 10.7. The summed E-state index contributed by atoms with van der Waals surface area (Å²) < 4.78 is 13.8. The summed E-state index contributed by atoms with van der Waals surface area (Å²) in [6.45, 7) is 0.301. The van der Waals surface area contributed by atoms with E-state index in [1.165, 1.54) is 6.07 Å². The van der Waals surface area contributed by atoms with E-state index in [4.69, 9.17) is 17.3 Å². The van der Waals surface area contributed by atoms with Crippen molar-refractivity contribution in [1.82, 2.24) is 0 Å². The summed E-state index contributed by atoms with van der Waals surface area (Å²) in [7, 11) is 0. The second kappa shape index (κ2) is 5.07. The Morgan fingerprint density at radius 2 is 2.21 bits per heavy atom. The molecule has 0 bridgehead atoms. The maximum atomic E-state index is 13.4. The van der Waals surface area contributed by atoms with Crippen LogP contribution in [0, 0.1) is 5.82 Å². The Morgan fingerprint density at radius 1 is 1.57 bits per heavy atom. The van der Waals surface area contributed by atoms with Crippen LogP contribution in [-0.2, 0) is 0 Å². The highest BCUT2D eigenvalue weighted by atomic mass is 79.9. The van der Waals surface area contributed by atoms with Gasteiger partial charge in [0.1, 0.15) is 5.82 Å². The molecule has 0 aliphatic carbocycles. The van der Waals surface area contributed by atoms with Crippen molar-refractivity contribution in [3.05, 3.63) is 33.0 Å². The van der Waals surface area contributed by atoms with E-state index in [0.717, 1.165) is 0 Å². The molecule has 5 heteroatoms. The Hall–Kier alpha value is -0.160. The van der Waals surface area contributed by atoms with Gasteiger partial charge in [-0.05, 0) is 25.1 Å². The lowest BCUT2D eigenvalue weighted by Gasteiger charge is -2.13. The molecule has 0 spiro atoms. The summed E-state index contributed by atoms with van der Waals surface area (Å²) in [5, 5.41) is 9.87. The molecule has 1 rings (SSSR count). The summed E-state index contributed by atoms with van der Waals surface area (Å²) in [6, 6.07) is 2.71. The summed E-state index contributed by atoms with van der Waals surface area (Å²) in [5.74, 6) is -0.523. The largest absolute Gasteiger partial charge is 0.388 e. The number of hydrogen-bond acceptors (Lipinski definition) is 2. The molecule has 1 aromatic carbocycles. The van der Waals surface area contributed by atoms with E-state index < -0.39 is 11.9 Å². The number of aliphatic hydroxyl groups excluding tert-OH is 1. The van der Waals surface area contributed by atoms with Crippen LogP contribution >= 0.6 is 27.5 Å². The molecule has 3 N–H and O–H groups in total. The normalized spacial score (nSPS) is 12.9. The second-order valence-corrected chi connectivity index (χ2v) is 4.17. The standard InChI is InChI=1S/C9H10BrClFNO/c10-6-3-5(11)4-7(12)9(6)8(14)1-2-13/h3-4,8,14H,1-2,13H2. The first-order valence-corrected chi connectivity index (χ1v) is 5.26. The molecule has 1 unspecified atom stereocenters. The number of benzene rings is 1. The fraction of sp³-hybridized carbons (Fsp3) is 0.333. The van der Waals surface area contributed by atoms with Crippen molar-refractivity contribution >= 4 is 27.5 Å². The Morgan fingerprint density at radius 3 is 2.71 bits per heavy atom. The van der Waals surface area contributed by atoms with Crippen LogP contribution in [0.15, 0.2) is 16.6 Å². The molecule has 1 aromatic rings. The molecule has 0 fully saturated rings. The summed E-state index contributed by atoms with van der Waals surface area (Å²) in [6.07, 6.45) is -0.580. The topological polar surface area (TPSA) is 46.2 Å². The van der Waals surface area contributed by atoms with Gasteiger partial charge in [-0.2, -0.15) is 0 Å². The lowest BCUT2D eigenvalue weighted by molar-refractivity contribution is 0.165. The minimum absolute atomic E-state index is 0.208. The van der Waals surface area contributed by atoms with Crippen LogP contribution in [0.5, 0.6) is 0 Å². The van der Waals surface area contributed by atoms with Crippen LogP contribution in [-0.4, -0.2) is 11.7 Å². The summed E-state index contributed by atoms with van der Waals surface area (Å²) in [4.78, 5) is 0. The minimum atomic E-state index is -0.897. The third-order valence-electron chi connectivity index (χ3n) is 1.82. The Bertz CT molecular complexity index is 312. The van der Waals surface area contributed by atoms with Gasteiger partial charge in [0.25, 0.3) is 0 Å². The maximum Gasteiger partial charge on any atom is 0.131 e. The van der Waals surface area contributed by atoms with Crippen molar-refractivity contribution in [2.45, 2.75) is 12.5 Å². The van der Waals surface area contributed by atoms with Gasteiger partial charge in [0, 0.05) is 15.1 Å². The molecule has 0 aromatic heterocycles. The first-order chi connectivity index (χ1) is 6.56. The molecule has 0 saturated carbocycles. The monoisotopic (exact) mass is 281 g/mol. The second-order valence-electron chi connectivity index (χ2n) is 2.88. The van der Waals surface area contributed by atoms with Crippen LogP contribution in [0.1, 0.15) is 18.1 Å². The smallest absolute Gasteiger partial charge is 0.131 e. The van der Waals surface area contributed by atoms with E-state index in [2.05, 4.69) is 15.9 Å². The highest BCUT2D eigenvalue weighted by Crippen LogP contribution is 2.30. The quantitative estimate of drug-likeness (QED) is 0.895. The number of halogens is 3. The van der Waals surface area contributed by atoms with Gasteiger partial charge in [0.15, 0.2) is 0 Å². The van der Waals surface area contributed by atoms with E-state index in [1.807, 2.05) is 0 Å². The number of nitrogens with two attached hydrogens (primary N) is 1. The zero-order valence-electron chi connectivity index (χ0n) is 7.30. The van der Waals surface area contributed by atoms with Gasteiger partial charge in [0.05, 0.1) is 6.10 Å². The van der Waals surface area contributed by atoms with Gasteiger partial charge in [-0.25, -0.2) is 4.39 Å². The lowest BCUT2D eigenvalue weighted by Crippen LogP contribution is -2.09. The molecule has 0 aliphatic heterocycles. The SMILES string of the molecule is NCCC(O)c1c(F)cc(Cl)cc1Br. The highest BCUT2D eigenvalue weighted by Gasteiger charge is 2.16. The van der Waals surface area contributed by atoms with Crippen molar-refractivity contribution in [3.63, 3.8) is 0 Å². The fourth-order valence-electron chi connectivity index (χ4n) is 1.17. The molecule has 2 nitrogen and oxygen atoms in total.